The number of aliphatic hydroxyl groups is 2. The second-order valence-corrected chi connectivity index (χ2v) is 8.17. The highest BCUT2D eigenvalue weighted by molar-refractivity contribution is 5.81. The van der Waals surface area contributed by atoms with Gasteiger partial charge in [-0.3, -0.25) is 0 Å². The highest BCUT2D eigenvalue weighted by atomic mass is 16.5. The standard InChI is InChI=1S/C23H44O4/c1-3-4-5-6-7-8-9-10-11-12-13-14-15-16-17-18-22(26)27-21-23(2,19-24)20-25/h17-18,24-25H,3-16,19-21H2,1-2H3. The molecule has 0 aromatic carbocycles. The van der Waals surface area contributed by atoms with E-state index >= 15 is 0 Å². The SMILES string of the molecule is CCCCCCCCCCCCCCCC=CC(=O)OCC(C)(CO)CO. The van der Waals surface area contributed by atoms with E-state index in [2.05, 4.69) is 6.92 Å². The second kappa shape index (κ2) is 18.5. The van der Waals surface area contributed by atoms with Crippen LogP contribution in [0.15, 0.2) is 12.2 Å². The largest absolute Gasteiger partial charge is 0.462 e. The van der Waals surface area contributed by atoms with Gasteiger partial charge in [0.1, 0.15) is 6.61 Å². The molecule has 0 atom stereocenters. The van der Waals surface area contributed by atoms with Crippen LogP contribution in [0.4, 0.5) is 0 Å². The topological polar surface area (TPSA) is 66.8 Å². The van der Waals surface area contributed by atoms with Crippen LogP contribution in [0.2, 0.25) is 0 Å². The number of carbonyl (C=O) groups is 1. The Morgan fingerprint density at radius 2 is 1.26 bits per heavy atom. The van der Waals surface area contributed by atoms with Crippen molar-refractivity contribution in [2.75, 3.05) is 19.8 Å². The molecule has 4 heteroatoms. The highest BCUT2D eigenvalue weighted by Crippen LogP contribution is 2.15. The Balaban J connectivity index is 3.38. The fourth-order valence-corrected chi connectivity index (χ4v) is 2.89. The molecule has 0 rings (SSSR count). The summed E-state index contributed by atoms with van der Waals surface area (Å²) in [6.45, 7) is 3.55. The van der Waals surface area contributed by atoms with E-state index in [0.717, 1.165) is 12.8 Å². The van der Waals surface area contributed by atoms with Crippen LogP contribution in [0.3, 0.4) is 0 Å². The second-order valence-electron chi connectivity index (χ2n) is 8.17. The number of ether oxygens (including phenoxy) is 1. The summed E-state index contributed by atoms with van der Waals surface area (Å²) in [4.78, 5) is 11.6. The van der Waals surface area contributed by atoms with E-state index < -0.39 is 11.4 Å². The molecular formula is C23H44O4. The Morgan fingerprint density at radius 3 is 1.70 bits per heavy atom. The predicted molar refractivity (Wildman–Crippen MR) is 113 cm³/mol. The van der Waals surface area contributed by atoms with Crippen molar-refractivity contribution in [3.63, 3.8) is 0 Å². The molecule has 0 aliphatic carbocycles. The molecule has 0 saturated carbocycles. The number of esters is 1. The molecule has 0 aliphatic heterocycles. The minimum atomic E-state index is -0.765. The molecule has 27 heavy (non-hydrogen) atoms. The molecular weight excluding hydrogens is 340 g/mol. The average molecular weight is 385 g/mol. The summed E-state index contributed by atoms with van der Waals surface area (Å²) in [5, 5.41) is 18.3. The fourth-order valence-electron chi connectivity index (χ4n) is 2.89. The lowest BCUT2D eigenvalue weighted by atomic mass is 9.95. The number of aliphatic hydroxyl groups excluding tert-OH is 2. The van der Waals surface area contributed by atoms with Crippen LogP contribution in [-0.2, 0) is 9.53 Å². The fraction of sp³-hybridized carbons (Fsp3) is 0.870. The molecule has 0 aromatic heterocycles. The molecule has 160 valence electrons. The monoisotopic (exact) mass is 384 g/mol. The van der Waals surface area contributed by atoms with Crippen molar-refractivity contribution in [1.29, 1.82) is 0 Å². The lowest BCUT2D eigenvalue weighted by molar-refractivity contribution is -0.143. The predicted octanol–water partition coefficient (Wildman–Crippen LogP) is 5.56. The van der Waals surface area contributed by atoms with Gasteiger partial charge < -0.3 is 14.9 Å². The van der Waals surface area contributed by atoms with Gasteiger partial charge in [-0.25, -0.2) is 4.79 Å². The first-order valence-corrected chi connectivity index (χ1v) is 11.1. The normalized spacial score (nSPS) is 12.0. The molecule has 0 aliphatic rings. The van der Waals surface area contributed by atoms with E-state index in [1.165, 1.54) is 83.1 Å². The van der Waals surface area contributed by atoms with E-state index in [1.54, 1.807) is 6.92 Å². The van der Waals surface area contributed by atoms with Crippen molar-refractivity contribution in [3.8, 4) is 0 Å². The molecule has 0 fully saturated rings. The van der Waals surface area contributed by atoms with Gasteiger partial charge in [-0.15, -0.1) is 0 Å². The van der Waals surface area contributed by atoms with Crippen LogP contribution in [-0.4, -0.2) is 36.0 Å². The Morgan fingerprint density at radius 1 is 0.815 bits per heavy atom. The number of carbonyl (C=O) groups excluding carboxylic acids is 1. The Labute approximate surface area is 167 Å². The molecule has 0 spiro atoms. The summed E-state index contributed by atoms with van der Waals surface area (Å²) >= 11 is 0. The van der Waals surface area contributed by atoms with Gasteiger partial charge in [0.05, 0.1) is 13.2 Å². The zero-order chi connectivity index (χ0) is 20.2. The number of allylic oxidation sites excluding steroid dienone is 1. The zero-order valence-corrected chi connectivity index (χ0v) is 17.9. The van der Waals surface area contributed by atoms with Gasteiger partial charge in [0.15, 0.2) is 0 Å². The van der Waals surface area contributed by atoms with Crippen LogP contribution < -0.4 is 0 Å². The van der Waals surface area contributed by atoms with E-state index in [9.17, 15) is 4.79 Å². The van der Waals surface area contributed by atoms with Crippen LogP contribution in [0.1, 0.15) is 104 Å². The van der Waals surface area contributed by atoms with E-state index in [-0.39, 0.29) is 19.8 Å². The third-order valence-corrected chi connectivity index (χ3v) is 5.05. The van der Waals surface area contributed by atoms with E-state index in [0.29, 0.717) is 0 Å². The van der Waals surface area contributed by atoms with Crippen LogP contribution in [0, 0.1) is 5.41 Å². The first-order valence-electron chi connectivity index (χ1n) is 11.1. The molecule has 4 nitrogen and oxygen atoms in total. The maximum absolute atomic E-state index is 11.6. The number of hydrogen-bond donors (Lipinski definition) is 2. The van der Waals surface area contributed by atoms with Crippen LogP contribution >= 0.6 is 0 Å². The molecule has 0 amide bonds. The van der Waals surface area contributed by atoms with Gasteiger partial charge >= 0.3 is 5.97 Å². The summed E-state index contributed by atoms with van der Waals surface area (Å²) < 4.78 is 5.06. The maximum atomic E-state index is 11.6. The molecule has 2 N–H and O–H groups in total. The Hall–Kier alpha value is -0.870. The lowest BCUT2D eigenvalue weighted by Crippen LogP contribution is -2.32. The summed E-state index contributed by atoms with van der Waals surface area (Å²) in [5.74, 6) is -0.405. The van der Waals surface area contributed by atoms with Crippen molar-refractivity contribution in [2.45, 2.75) is 104 Å². The summed E-state index contributed by atoms with van der Waals surface area (Å²) in [5.41, 5.74) is -0.765. The van der Waals surface area contributed by atoms with E-state index in [1.807, 2.05) is 6.08 Å². The molecule has 0 saturated heterocycles. The van der Waals surface area contributed by atoms with Crippen LogP contribution in [0.5, 0.6) is 0 Å². The van der Waals surface area contributed by atoms with Gasteiger partial charge in [0, 0.05) is 11.5 Å². The van der Waals surface area contributed by atoms with Gasteiger partial charge in [-0.2, -0.15) is 0 Å². The number of rotatable bonds is 19. The lowest BCUT2D eigenvalue weighted by Gasteiger charge is -2.23. The van der Waals surface area contributed by atoms with Crippen molar-refractivity contribution >= 4 is 5.97 Å². The number of hydrogen-bond acceptors (Lipinski definition) is 4. The minimum Gasteiger partial charge on any atom is -0.462 e. The highest BCUT2D eigenvalue weighted by Gasteiger charge is 2.24. The van der Waals surface area contributed by atoms with Crippen molar-refractivity contribution in [3.05, 3.63) is 12.2 Å². The Kier molecular flexibility index (Phi) is 17.9. The summed E-state index contributed by atoms with van der Waals surface area (Å²) in [7, 11) is 0. The van der Waals surface area contributed by atoms with Crippen molar-refractivity contribution in [1.82, 2.24) is 0 Å². The zero-order valence-electron chi connectivity index (χ0n) is 17.9. The molecule has 0 aromatic rings. The first-order chi connectivity index (χ1) is 13.1. The first kappa shape index (κ1) is 26.1. The van der Waals surface area contributed by atoms with Crippen molar-refractivity contribution < 1.29 is 19.7 Å². The number of unbranched alkanes of at least 4 members (excludes halogenated alkanes) is 13. The summed E-state index contributed by atoms with van der Waals surface area (Å²) in [6, 6.07) is 0. The van der Waals surface area contributed by atoms with E-state index in [4.69, 9.17) is 14.9 Å². The molecule has 0 bridgehead atoms. The minimum absolute atomic E-state index is 0.0297. The molecule has 0 unspecified atom stereocenters. The van der Waals surface area contributed by atoms with Crippen LogP contribution in [0.25, 0.3) is 0 Å². The summed E-state index contributed by atoms with van der Waals surface area (Å²) in [6.07, 6.45) is 21.6. The smallest absolute Gasteiger partial charge is 0.330 e. The van der Waals surface area contributed by atoms with Crippen molar-refractivity contribution in [2.24, 2.45) is 5.41 Å². The average Bonchev–Trinajstić information content (AvgIpc) is 2.69. The van der Waals surface area contributed by atoms with Gasteiger partial charge in [-0.05, 0) is 12.8 Å². The van der Waals surface area contributed by atoms with Gasteiger partial charge in [-0.1, -0.05) is 97.0 Å². The third kappa shape index (κ3) is 17.0. The maximum Gasteiger partial charge on any atom is 0.330 e. The van der Waals surface area contributed by atoms with Gasteiger partial charge in [0.25, 0.3) is 0 Å². The van der Waals surface area contributed by atoms with Gasteiger partial charge in [0.2, 0.25) is 0 Å². The molecule has 0 heterocycles. The Bertz CT molecular complexity index is 361. The molecule has 0 radical (unpaired) electrons. The third-order valence-electron chi connectivity index (χ3n) is 5.05. The quantitative estimate of drug-likeness (QED) is 0.174.